The van der Waals surface area contributed by atoms with E-state index in [0.29, 0.717) is 16.2 Å². The summed E-state index contributed by atoms with van der Waals surface area (Å²) in [4.78, 5) is 2.93. The normalized spacial score (nSPS) is 23.9. The summed E-state index contributed by atoms with van der Waals surface area (Å²) >= 11 is 5.19. The zero-order valence-corrected chi connectivity index (χ0v) is 10.2. The highest BCUT2D eigenvalue weighted by Crippen LogP contribution is 2.39. The number of aromatic nitrogens is 2. The first-order valence-corrected chi connectivity index (χ1v) is 6.07. The number of imidazole rings is 1. The lowest BCUT2D eigenvalue weighted by Gasteiger charge is -2.34. The monoisotopic (exact) mass is 254 g/mol. The fraction of sp³-hybridized carbons (Fsp3) is 0.417. The van der Waals surface area contributed by atoms with E-state index in [-0.39, 0.29) is 11.6 Å². The maximum absolute atomic E-state index is 13.8. The van der Waals surface area contributed by atoms with E-state index in [1.54, 1.807) is 4.57 Å². The molecule has 1 fully saturated rings. The van der Waals surface area contributed by atoms with Gasteiger partial charge in [-0.15, -0.1) is 0 Å². The van der Waals surface area contributed by atoms with Crippen molar-refractivity contribution < 1.29 is 8.78 Å². The van der Waals surface area contributed by atoms with E-state index >= 15 is 0 Å². The topological polar surface area (TPSA) is 20.7 Å². The maximum atomic E-state index is 13.8. The third kappa shape index (κ3) is 1.52. The molecule has 0 saturated heterocycles. The second-order valence-electron chi connectivity index (χ2n) is 4.79. The number of halogens is 2. The molecule has 0 radical (unpaired) electrons. The molecular formula is C12H12F2N2S. The van der Waals surface area contributed by atoms with Crippen molar-refractivity contribution >= 4 is 23.3 Å². The van der Waals surface area contributed by atoms with Crippen LogP contribution in [-0.2, 0) is 0 Å². The minimum absolute atomic E-state index is 0.197. The Balaban J connectivity index is 2.26. The Labute approximate surface area is 102 Å². The van der Waals surface area contributed by atoms with Crippen LogP contribution in [0.15, 0.2) is 12.1 Å². The second kappa shape index (κ2) is 3.63. The number of nitrogens with one attached hydrogen (secondary N) is 1. The van der Waals surface area contributed by atoms with E-state index in [0.717, 1.165) is 18.9 Å². The summed E-state index contributed by atoms with van der Waals surface area (Å²) in [6.07, 6.45) is 1.94. The van der Waals surface area contributed by atoms with E-state index in [2.05, 4.69) is 11.9 Å². The second-order valence-corrected chi connectivity index (χ2v) is 5.17. The summed E-state index contributed by atoms with van der Waals surface area (Å²) in [5, 5.41) is 0. The van der Waals surface area contributed by atoms with Crippen molar-refractivity contribution in [3.63, 3.8) is 0 Å². The average Bonchev–Trinajstić information content (AvgIpc) is 2.57. The number of hydrogen-bond acceptors (Lipinski definition) is 1. The molecule has 5 heteroatoms. The number of benzene rings is 1. The summed E-state index contributed by atoms with van der Waals surface area (Å²) < 4.78 is 29.3. The summed E-state index contributed by atoms with van der Waals surface area (Å²) in [5.41, 5.74) is 0.834. The van der Waals surface area contributed by atoms with Gasteiger partial charge in [-0.05, 0) is 43.1 Å². The van der Waals surface area contributed by atoms with Gasteiger partial charge in [0, 0.05) is 6.04 Å². The zero-order valence-electron chi connectivity index (χ0n) is 9.34. The molecule has 0 bridgehead atoms. The Bertz CT molecular complexity index is 638. The van der Waals surface area contributed by atoms with Crippen LogP contribution in [0.1, 0.15) is 25.8 Å². The van der Waals surface area contributed by atoms with Gasteiger partial charge in [-0.25, -0.2) is 8.78 Å². The third-order valence-corrected chi connectivity index (χ3v) is 3.78. The van der Waals surface area contributed by atoms with Crippen molar-refractivity contribution in [2.45, 2.75) is 25.8 Å². The lowest BCUT2D eigenvalue weighted by Crippen LogP contribution is -2.25. The molecule has 90 valence electrons. The van der Waals surface area contributed by atoms with E-state index in [1.807, 2.05) is 0 Å². The first-order chi connectivity index (χ1) is 8.08. The van der Waals surface area contributed by atoms with Crippen molar-refractivity contribution in [2.24, 2.45) is 5.92 Å². The van der Waals surface area contributed by atoms with Gasteiger partial charge < -0.3 is 9.55 Å². The standard InChI is InChI=1S/C12H12F2N2S/c1-6-4-7(5-6)16-11-9(15-12(16)17)3-2-8(13)10(11)14/h2-3,6-7H,4-5H2,1H3,(H,15,17). The minimum Gasteiger partial charge on any atom is -0.330 e. The molecule has 1 aliphatic carbocycles. The molecule has 0 atom stereocenters. The summed E-state index contributed by atoms with van der Waals surface area (Å²) in [6.45, 7) is 2.14. The average molecular weight is 254 g/mol. The Kier molecular flexibility index (Phi) is 2.33. The van der Waals surface area contributed by atoms with Crippen LogP contribution in [0.2, 0.25) is 0 Å². The van der Waals surface area contributed by atoms with Crippen LogP contribution >= 0.6 is 12.2 Å². The quantitative estimate of drug-likeness (QED) is 0.764. The highest BCUT2D eigenvalue weighted by molar-refractivity contribution is 7.71. The SMILES string of the molecule is CC1CC(n2c(=S)[nH]c3ccc(F)c(F)c32)C1. The lowest BCUT2D eigenvalue weighted by molar-refractivity contribution is 0.218. The Morgan fingerprint density at radius 3 is 2.71 bits per heavy atom. The van der Waals surface area contributed by atoms with E-state index < -0.39 is 11.6 Å². The number of rotatable bonds is 1. The Morgan fingerprint density at radius 2 is 2.06 bits per heavy atom. The van der Waals surface area contributed by atoms with Gasteiger partial charge in [0.2, 0.25) is 0 Å². The first-order valence-electron chi connectivity index (χ1n) is 5.66. The summed E-state index contributed by atoms with van der Waals surface area (Å²) in [5.74, 6) is -1.01. The number of fused-ring (bicyclic) bond motifs is 1. The van der Waals surface area contributed by atoms with E-state index in [4.69, 9.17) is 12.2 Å². The number of H-pyrrole nitrogens is 1. The number of nitrogens with zero attached hydrogens (tertiary/aromatic N) is 1. The largest absolute Gasteiger partial charge is 0.330 e. The van der Waals surface area contributed by atoms with Crippen LogP contribution in [0.25, 0.3) is 11.0 Å². The van der Waals surface area contributed by atoms with Gasteiger partial charge in [0.05, 0.1) is 5.52 Å². The zero-order chi connectivity index (χ0) is 12.2. The molecule has 1 aromatic heterocycles. The molecule has 0 spiro atoms. The highest BCUT2D eigenvalue weighted by atomic mass is 32.1. The van der Waals surface area contributed by atoms with Crippen molar-refractivity contribution in [2.75, 3.05) is 0 Å². The molecule has 1 saturated carbocycles. The molecule has 1 aliphatic rings. The smallest absolute Gasteiger partial charge is 0.184 e. The van der Waals surface area contributed by atoms with E-state index in [9.17, 15) is 8.78 Å². The molecule has 0 aliphatic heterocycles. The van der Waals surface area contributed by atoms with Crippen LogP contribution in [0.3, 0.4) is 0 Å². The van der Waals surface area contributed by atoms with Crippen LogP contribution in [-0.4, -0.2) is 9.55 Å². The van der Waals surface area contributed by atoms with Gasteiger partial charge in [-0.1, -0.05) is 6.92 Å². The first kappa shape index (κ1) is 10.9. The van der Waals surface area contributed by atoms with Crippen molar-refractivity contribution in [1.29, 1.82) is 0 Å². The molecule has 17 heavy (non-hydrogen) atoms. The van der Waals surface area contributed by atoms with Crippen LogP contribution < -0.4 is 0 Å². The van der Waals surface area contributed by atoms with Gasteiger partial charge in [-0.2, -0.15) is 0 Å². The summed E-state index contributed by atoms with van der Waals surface area (Å²) in [6, 6.07) is 2.85. The summed E-state index contributed by atoms with van der Waals surface area (Å²) in [7, 11) is 0. The highest BCUT2D eigenvalue weighted by Gasteiger charge is 2.29. The fourth-order valence-electron chi connectivity index (χ4n) is 2.57. The van der Waals surface area contributed by atoms with E-state index in [1.165, 1.54) is 6.07 Å². The Morgan fingerprint density at radius 1 is 1.35 bits per heavy atom. The fourth-order valence-corrected chi connectivity index (χ4v) is 2.92. The molecule has 0 amide bonds. The van der Waals surface area contributed by atoms with Gasteiger partial charge in [-0.3, -0.25) is 0 Å². The molecule has 3 rings (SSSR count). The van der Waals surface area contributed by atoms with Crippen molar-refractivity contribution in [3.8, 4) is 0 Å². The lowest BCUT2D eigenvalue weighted by atomic mass is 9.81. The predicted molar refractivity (Wildman–Crippen MR) is 64.5 cm³/mol. The third-order valence-electron chi connectivity index (χ3n) is 3.48. The van der Waals surface area contributed by atoms with Gasteiger partial charge in [0.25, 0.3) is 0 Å². The van der Waals surface area contributed by atoms with Gasteiger partial charge in [0.1, 0.15) is 5.52 Å². The van der Waals surface area contributed by atoms with Crippen molar-refractivity contribution in [3.05, 3.63) is 28.5 Å². The van der Waals surface area contributed by atoms with Crippen LogP contribution in [0.5, 0.6) is 0 Å². The molecule has 2 nitrogen and oxygen atoms in total. The van der Waals surface area contributed by atoms with Crippen LogP contribution in [0, 0.1) is 22.3 Å². The van der Waals surface area contributed by atoms with Crippen LogP contribution in [0.4, 0.5) is 8.78 Å². The molecule has 1 heterocycles. The maximum Gasteiger partial charge on any atom is 0.184 e. The Hall–Kier alpha value is -1.23. The molecular weight excluding hydrogens is 242 g/mol. The molecule has 0 unspecified atom stereocenters. The molecule has 2 aromatic rings. The predicted octanol–water partition coefficient (Wildman–Crippen LogP) is 3.95. The number of aromatic amines is 1. The minimum atomic E-state index is -0.826. The molecule has 1 N–H and O–H groups in total. The molecule has 1 aromatic carbocycles. The van der Waals surface area contributed by atoms with Gasteiger partial charge in [0.15, 0.2) is 16.4 Å². The van der Waals surface area contributed by atoms with Crippen molar-refractivity contribution in [1.82, 2.24) is 9.55 Å². The number of hydrogen-bond donors (Lipinski definition) is 1. The van der Waals surface area contributed by atoms with Gasteiger partial charge >= 0.3 is 0 Å².